The second kappa shape index (κ2) is 8.13. The predicted molar refractivity (Wildman–Crippen MR) is 93.3 cm³/mol. The van der Waals surface area contributed by atoms with Crippen molar-refractivity contribution in [2.75, 3.05) is 10.6 Å². The average molecular weight is 310 g/mol. The minimum Gasteiger partial charge on any atom is -0.326 e. The molecular formula is C19H22N2O2. The maximum absolute atomic E-state index is 12.0. The maximum Gasteiger partial charge on any atom is 0.226 e. The van der Waals surface area contributed by atoms with Gasteiger partial charge in [-0.25, -0.2) is 0 Å². The normalized spacial score (nSPS) is 10.4. The zero-order chi connectivity index (χ0) is 16.7. The molecule has 2 N–H and O–H groups in total. The van der Waals surface area contributed by atoms with Crippen molar-refractivity contribution in [2.45, 2.75) is 26.7 Å². The van der Waals surface area contributed by atoms with Gasteiger partial charge in [0.2, 0.25) is 11.8 Å². The van der Waals surface area contributed by atoms with E-state index in [1.165, 1.54) is 0 Å². The molecule has 0 aliphatic carbocycles. The molecule has 2 aromatic carbocycles. The van der Waals surface area contributed by atoms with Gasteiger partial charge in [0.15, 0.2) is 0 Å². The second-order valence-electron chi connectivity index (χ2n) is 5.76. The van der Waals surface area contributed by atoms with Crippen LogP contribution in [0.2, 0.25) is 0 Å². The minimum absolute atomic E-state index is 0.0205. The molecule has 2 amide bonds. The molecule has 0 saturated heterocycles. The summed E-state index contributed by atoms with van der Waals surface area (Å²) < 4.78 is 0. The third kappa shape index (κ3) is 5.58. The highest BCUT2D eigenvalue weighted by Crippen LogP contribution is 2.15. The number of carbonyl (C=O) groups is 2. The van der Waals surface area contributed by atoms with Crippen LogP contribution in [0.5, 0.6) is 0 Å². The molecule has 0 unspecified atom stereocenters. The fraction of sp³-hybridized carbons (Fsp3) is 0.263. The van der Waals surface area contributed by atoms with E-state index >= 15 is 0 Å². The molecule has 0 radical (unpaired) electrons. The molecule has 0 atom stereocenters. The van der Waals surface area contributed by atoms with Gasteiger partial charge in [0.25, 0.3) is 0 Å². The molecule has 0 fully saturated rings. The van der Waals surface area contributed by atoms with Crippen LogP contribution in [0, 0.1) is 5.92 Å². The van der Waals surface area contributed by atoms with E-state index in [1.54, 1.807) is 24.3 Å². The Morgan fingerprint density at radius 3 is 2.00 bits per heavy atom. The molecule has 4 nitrogen and oxygen atoms in total. The fourth-order valence-electron chi connectivity index (χ4n) is 2.05. The van der Waals surface area contributed by atoms with E-state index in [4.69, 9.17) is 0 Å². The van der Waals surface area contributed by atoms with Crippen LogP contribution in [0.25, 0.3) is 0 Å². The molecule has 4 heteroatoms. The van der Waals surface area contributed by atoms with Gasteiger partial charge in [-0.05, 0) is 36.2 Å². The highest BCUT2D eigenvalue weighted by atomic mass is 16.2. The van der Waals surface area contributed by atoms with E-state index in [2.05, 4.69) is 10.6 Å². The summed E-state index contributed by atoms with van der Waals surface area (Å²) in [6.45, 7) is 3.69. The molecule has 120 valence electrons. The summed E-state index contributed by atoms with van der Waals surface area (Å²) in [4.78, 5) is 23.6. The monoisotopic (exact) mass is 310 g/mol. The molecule has 0 aliphatic rings. The quantitative estimate of drug-likeness (QED) is 0.851. The summed E-state index contributed by atoms with van der Waals surface area (Å²) in [7, 11) is 0. The van der Waals surface area contributed by atoms with Gasteiger partial charge in [0, 0.05) is 23.7 Å². The smallest absolute Gasteiger partial charge is 0.226 e. The Kier molecular flexibility index (Phi) is 5.92. The van der Waals surface area contributed by atoms with Crippen molar-refractivity contribution in [3.05, 3.63) is 60.2 Å². The molecule has 0 aromatic heterocycles. The standard InChI is InChI=1S/C19H22N2O2/c1-14(2)19(23)21-17-11-9-16(10-12-17)20-18(22)13-8-15-6-4-3-5-7-15/h3-7,9-12,14H,8,13H2,1-2H3,(H,20,22)(H,21,23). The SMILES string of the molecule is CC(C)C(=O)Nc1ccc(NC(=O)CCc2ccccc2)cc1. The Labute approximate surface area is 136 Å². The van der Waals surface area contributed by atoms with E-state index < -0.39 is 0 Å². The van der Waals surface area contributed by atoms with Crippen LogP contribution in [0.1, 0.15) is 25.8 Å². The van der Waals surface area contributed by atoms with Gasteiger partial charge in [-0.1, -0.05) is 44.2 Å². The topological polar surface area (TPSA) is 58.2 Å². The lowest BCUT2D eigenvalue weighted by Crippen LogP contribution is -2.17. The van der Waals surface area contributed by atoms with Gasteiger partial charge in [-0.3, -0.25) is 9.59 Å². The van der Waals surface area contributed by atoms with Gasteiger partial charge in [0.05, 0.1) is 0 Å². The average Bonchev–Trinajstić information content (AvgIpc) is 2.55. The molecule has 0 heterocycles. The van der Waals surface area contributed by atoms with Crippen LogP contribution < -0.4 is 10.6 Å². The van der Waals surface area contributed by atoms with Crippen LogP contribution in [-0.4, -0.2) is 11.8 Å². The van der Waals surface area contributed by atoms with Gasteiger partial charge in [0.1, 0.15) is 0 Å². The van der Waals surface area contributed by atoms with Gasteiger partial charge >= 0.3 is 0 Å². The summed E-state index contributed by atoms with van der Waals surface area (Å²) in [5.41, 5.74) is 2.60. The molecule has 2 aromatic rings. The first-order valence-electron chi connectivity index (χ1n) is 7.79. The number of rotatable bonds is 6. The van der Waals surface area contributed by atoms with E-state index in [-0.39, 0.29) is 17.7 Å². The molecule has 0 spiro atoms. The van der Waals surface area contributed by atoms with Crippen LogP contribution in [0.3, 0.4) is 0 Å². The Bertz CT molecular complexity index is 649. The highest BCUT2D eigenvalue weighted by molar-refractivity contribution is 5.93. The summed E-state index contributed by atoms with van der Waals surface area (Å²) >= 11 is 0. The lowest BCUT2D eigenvalue weighted by molar-refractivity contribution is -0.119. The zero-order valence-electron chi connectivity index (χ0n) is 13.5. The number of aryl methyl sites for hydroxylation is 1. The summed E-state index contributed by atoms with van der Waals surface area (Å²) in [5.74, 6) is -0.107. The van der Waals surface area contributed by atoms with E-state index in [9.17, 15) is 9.59 Å². The van der Waals surface area contributed by atoms with Crippen LogP contribution in [0.4, 0.5) is 11.4 Å². The molecular weight excluding hydrogens is 288 g/mol. The van der Waals surface area contributed by atoms with Gasteiger partial charge < -0.3 is 10.6 Å². The number of amides is 2. The third-order valence-corrected chi connectivity index (χ3v) is 3.44. The zero-order valence-corrected chi connectivity index (χ0v) is 13.5. The van der Waals surface area contributed by atoms with Crippen molar-refractivity contribution in [1.29, 1.82) is 0 Å². The maximum atomic E-state index is 12.0. The molecule has 2 rings (SSSR count). The number of nitrogens with one attached hydrogen (secondary N) is 2. The van der Waals surface area contributed by atoms with Gasteiger partial charge in [-0.2, -0.15) is 0 Å². The number of benzene rings is 2. The van der Waals surface area contributed by atoms with E-state index in [0.29, 0.717) is 6.42 Å². The van der Waals surface area contributed by atoms with Crippen molar-refractivity contribution in [2.24, 2.45) is 5.92 Å². The van der Waals surface area contributed by atoms with E-state index in [1.807, 2.05) is 44.2 Å². The number of hydrogen-bond acceptors (Lipinski definition) is 2. The number of anilines is 2. The van der Waals surface area contributed by atoms with Crippen molar-refractivity contribution < 1.29 is 9.59 Å². The lowest BCUT2D eigenvalue weighted by Gasteiger charge is -2.09. The highest BCUT2D eigenvalue weighted by Gasteiger charge is 2.07. The Morgan fingerprint density at radius 2 is 1.43 bits per heavy atom. The predicted octanol–water partition coefficient (Wildman–Crippen LogP) is 3.85. The summed E-state index contributed by atoms with van der Waals surface area (Å²) in [6.07, 6.45) is 1.16. The Morgan fingerprint density at radius 1 is 0.870 bits per heavy atom. The van der Waals surface area contributed by atoms with Crippen molar-refractivity contribution >= 4 is 23.2 Å². The second-order valence-corrected chi connectivity index (χ2v) is 5.76. The first-order valence-corrected chi connectivity index (χ1v) is 7.79. The molecule has 23 heavy (non-hydrogen) atoms. The minimum atomic E-state index is -0.0626. The van der Waals surface area contributed by atoms with Crippen molar-refractivity contribution in [3.8, 4) is 0 Å². The molecule has 0 aliphatic heterocycles. The van der Waals surface area contributed by atoms with Crippen LogP contribution in [-0.2, 0) is 16.0 Å². The summed E-state index contributed by atoms with van der Waals surface area (Å²) in [6, 6.07) is 17.1. The third-order valence-electron chi connectivity index (χ3n) is 3.44. The number of hydrogen-bond donors (Lipinski definition) is 2. The largest absolute Gasteiger partial charge is 0.326 e. The lowest BCUT2D eigenvalue weighted by atomic mass is 10.1. The van der Waals surface area contributed by atoms with Crippen molar-refractivity contribution in [3.63, 3.8) is 0 Å². The Hall–Kier alpha value is -2.62. The van der Waals surface area contributed by atoms with Gasteiger partial charge in [-0.15, -0.1) is 0 Å². The van der Waals surface area contributed by atoms with Crippen LogP contribution >= 0.6 is 0 Å². The molecule has 0 saturated carbocycles. The number of carbonyl (C=O) groups excluding carboxylic acids is 2. The van der Waals surface area contributed by atoms with Crippen molar-refractivity contribution in [1.82, 2.24) is 0 Å². The summed E-state index contributed by atoms with van der Waals surface area (Å²) in [5, 5.41) is 5.68. The first-order chi connectivity index (χ1) is 11.0. The Balaban J connectivity index is 1.83. The van der Waals surface area contributed by atoms with Crippen LogP contribution in [0.15, 0.2) is 54.6 Å². The fourth-order valence-corrected chi connectivity index (χ4v) is 2.05. The molecule has 0 bridgehead atoms. The van der Waals surface area contributed by atoms with E-state index in [0.717, 1.165) is 23.4 Å². The first kappa shape index (κ1) is 16.7.